The SMILES string of the molecule is CC=CCN(CCC12CC3CC(CC(C3)C1)C2)C(=O)CCCCc1ccncc1. The minimum Gasteiger partial charge on any atom is -0.339 e. The van der Waals surface area contributed by atoms with E-state index in [2.05, 4.69) is 41.1 Å². The van der Waals surface area contributed by atoms with E-state index in [1.165, 1.54) is 50.5 Å². The van der Waals surface area contributed by atoms with Crippen molar-refractivity contribution in [2.45, 2.75) is 77.6 Å². The van der Waals surface area contributed by atoms with Gasteiger partial charge in [0.15, 0.2) is 0 Å². The lowest BCUT2D eigenvalue weighted by Crippen LogP contribution is -2.47. The fourth-order valence-electron chi connectivity index (χ4n) is 6.83. The molecule has 0 N–H and O–H groups in total. The molecule has 4 aliphatic carbocycles. The lowest BCUT2D eigenvalue weighted by molar-refractivity contribution is -0.132. The average Bonchev–Trinajstić information content (AvgIpc) is 2.71. The van der Waals surface area contributed by atoms with Crippen molar-refractivity contribution in [3.05, 3.63) is 42.2 Å². The van der Waals surface area contributed by atoms with E-state index < -0.39 is 0 Å². The number of aryl methyl sites for hydroxylation is 1. The van der Waals surface area contributed by atoms with Gasteiger partial charge in [-0.25, -0.2) is 0 Å². The Balaban J connectivity index is 1.26. The third kappa shape index (κ3) is 5.29. The quantitative estimate of drug-likeness (QED) is 0.371. The molecular formula is C26H38N2O. The molecule has 0 atom stereocenters. The maximum absolute atomic E-state index is 13.0. The molecule has 0 saturated heterocycles. The van der Waals surface area contributed by atoms with Crippen LogP contribution >= 0.6 is 0 Å². The molecule has 4 fully saturated rings. The highest BCUT2D eigenvalue weighted by molar-refractivity contribution is 5.76. The van der Waals surface area contributed by atoms with Crippen LogP contribution in [0.2, 0.25) is 0 Å². The van der Waals surface area contributed by atoms with Crippen LogP contribution in [0.3, 0.4) is 0 Å². The van der Waals surface area contributed by atoms with Crippen LogP contribution in [-0.2, 0) is 11.2 Å². The number of amides is 1. The maximum Gasteiger partial charge on any atom is 0.222 e. The molecule has 0 aromatic carbocycles. The van der Waals surface area contributed by atoms with Gasteiger partial charge in [-0.15, -0.1) is 0 Å². The zero-order valence-corrected chi connectivity index (χ0v) is 18.2. The summed E-state index contributed by atoms with van der Waals surface area (Å²) < 4.78 is 0. The molecule has 0 spiro atoms. The Morgan fingerprint density at radius 1 is 1.10 bits per heavy atom. The molecule has 1 aromatic heterocycles. The average molecular weight is 395 g/mol. The number of allylic oxidation sites excluding steroid dienone is 1. The Kier molecular flexibility index (Phi) is 6.72. The molecule has 4 bridgehead atoms. The van der Waals surface area contributed by atoms with E-state index in [9.17, 15) is 4.79 Å². The van der Waals surface area contributed by atoms with E-state index in [-0.39, 0.29) is 0 Å². The van der Waals surface area contributed by atoms with Crippen molar-refractivity contribution in [3.8, 4) is 0 Å². The molecule has 1 amide bonds. The zero-order chi connectivity index (χ0) is 20.1. The van der Waals surface area contributed by atoms with E-state index in [0.717, 1.165) is 50.1 Å². The first-order valence-corrected chi connectivity index (χ1v) is 11.9. The van der Waals surface area contributed by atoms with Crippen molar-refractivity contribution in [2.75, 3.05) is 13.1 Å². The number of rotatable bonds is 10. The third-order valence-corrected chi connectivity index (χ3v) is 7.85. The standard InChI is InChI=1S/C26H38N2O/c1-2-3-13-28(25(29)7-5-4-6-21-8-11-27-12-9-21)14-10-26-18-22-15-23(19-26)17-24(16-22)20-26/h2-3,8-9,11-12,22-24H,4-7,10,13-20H2,1H3. The van der Waals surface area contributed by atoms with Crippen molar-refractivity contribution >= 4 is 5.91 Å². The molecule has 3 nitrogen and oxygen atoms in total. The monoisotopic (exact) mass is 394 g/mol. The second-order valence-electron chi connectivity index (χ2n) is 10.1. The molecule has 4 aliphatic rings. The van der Waals surface area contributed by atoms with Crippen LogP contribution in [0.1, 0.15) is 76.7 Å². The van der Waals surface area contributed by atoms with Crippen molar-refractivity contribution in [1.29, 1.82) is 0 Å². The largest absolute Gasteiger partial charge is 0.339 e. The van der Waals surface area contributed by atoms with Gasteiger partial charge in [0.05, 0.1) is 0 Å². The molecule has 4 saturated carbocycles. The number of hydrogen-bond acceptors (Lipinski definition) is 2. The Morgan fingerprint density at radius 3 is 2.38 bits per heavy atom. The second-order valence-corrected chi connectivity index (χ2v) is 10.1. The number of aromatic nitrogens is 1. The van der Waals surface area contributed by atoms with Crippen LogP contribution in [0, 0.1) is 23.2 Å². The molecule has 0 radical (unpaired) electrons. The summed E-state index contributed by atoms with van der Waals surface area (Å²) in [6.45, 7) is 3.79. The van der Waals surface area contributed by atoms with Gasteiger partial charge >= 0.3 is 0 Å². The summed E-state index contributed by atoms with van der Waals surface area (Å²) in [5, 5.41) is 0. The lowest BCUT2D eigenvalue weighted by Gasteiger charge is -2.57. The van der Waals surface area contributed by atoms with Crippen LogP contribution in [0.15, 0.2) is 36.7 Å². The minimum atomic E-state index is 0.350. The highest BCUT2D eigenvalue weighted by atomic mass is 16.2. The smallest absolute Gasteiger partial charge is 0.222 e. The first-order valence-electron chi connectivity index (χ1n) is 11.9. The highest BCUT2D eigenvalue weighted by Gasteiger charge is 2.50. The van der Waals surface area contributed by atoms with E-state index in [0.29, 0.717) is 17.7 Å². The van der Waals surface area contributed by atoms with Gasteiger partial charge in [0.2, 0.25) is 5.91 Å². The first-order chi connectivity index (χ1) is 14.2. The summed E-state index contributed by atoms with van der Waals surface area (Å²) >= 11 is 0. The van der Waals surface area contributed by atoms with Crippen LogP contribution < -0.4 is 0 Å². The van der Waals surface area contributed by atoms with Crippen molar-refractivity contribution in [3.63, 3.8) is 0 Å². The van der Waals surface area contributed by atoms with Gasteiger partial charge < -0.3 is 4.90 Å². The van der Waals surface area contributed by atoms with Gasteiger partial charge in [-0.3, -0.25) is 9.78 Å². The number of unbranched alkanes of at least 4 members (excludes halogenated alkanes) is 1. The summed E-state index contributed by atoms with van der Waals surface area (Å²) in [7, 11) is 0. The van der Waals surface area contributed by atoms with Gasteiger partial charge in [0.1, 0.15) is 0 Å². The normalized spacial score (nSPS) is 30.2. The Morgan fingerprint density at radius 2 is 1.76 bits per heavy atom. The highest BCUT2D eigenvalue weighted by Crippen LogP contribution is 2.61. The first kappa shape index (κ1) is 20.6. The molecule has 1 aromatic rings. The topological polar surface area (TPSA) is 33.2 Å². The van der Waals surface area contributed by atoms with Gasteiger partial charge in [-0.05, 0) is 112 Å². The number of hydrogen-bond donors (Lipinski definition) is 0. The maximum atomic E-state index is 13.0. The summed E-state index contributed by atoms with van der Waals surface area (Å²) in [4.78, 5) is 19.2. The van der Waals surface area contributed by atoms with Crippen LogP contribution in [0.4, 0.5) is 0 Å². The van der Waals surface area contributed by atoms with Gasteiger partial charge in [-0.1, -0.05) is 12.2 Å². The van der Waals surface area contributed by atoms with Crippen molar-refractivity contribution < 1.29 is 4.79 Å². The fourth-order valence-corrected chi connectivity index (χ4v) is 6.83. The summed E-state index contributed by atoms with van der Waals surface area (Å²) in [5.41, 5.74) is 1.88. The third-order valence-electron chi connectivity index (χ3n) is 7.85. The number of carbonyl (C=O) groups excluding carboxylic acids is 1. The number of pyridine rings is 1. The molecule has 3 heteroatoms. The predicted molar refractivity (Wildman–Crippen MR) is 118 cm³/mol. The van der Waals surface area contributed by atoms with Crippen LogP contribution in [0.25, 0.3) is 0 Å². The molecule has 1 heterocycles. The van der Waals surface area contributed by atoms with E-state index >= 15 is 0 Å². The summed E-state index contributed by atoms with van der Waals surface area (Å²) in [6, 6.07) is 4.15. The zero-order valence-electron chi connectivity index (χ0n) is 18.2. The van der Waals surface area contributed by atoms with Crippen molar-refractivity contribution in [1.82, 2.24) is 9.88 Å². The van der Waals surface area contributed by atoms with E-state index in [4.69, 9.17) is 0 Å². The van der Waals surface area contributed by atoms with Crippen LogP contribution in [-0.4, -0.2) is 28.9 Å². The van der Waals surface area contributed by atoms with E-state index in [1.54, 1.807) is 0 Å². The Hall–Kier alpha value is -1.64. The summed E-state index contributed by atoms with van der Waals surface area (Å²) in [6.07, 6.45) is 21.7. The Labute approximate surface area is 177 Å². The summed E-state index contributed by atoms with van der Waals surface area (Å²) in [5.74, 6) is 3.33. The van der Waals surface area contributed by atoms with Gasteiger partial charge in [0, 0.05) is 31.9 Å². The molecule has 0 unspecified atom stereocenters. The lowest BCUT2D eigenvalue weighted by atomic mass is 9.49. The van der Waals surface area contributed by atoms with Gasteiger partial charge in [-0.2, -0.15) is 0 Å². The minimum absolute atomic E-state index is 0.350. The van der Waals surface area contributed by atoms with E-state index in [1.807, 2.05) is 12.4 Å². The fraction of sp³-hybridized carbons (Fsp3) is 0.692. The Bertz CT molecular complexity index is 661. The number of carbonyl (C=O) groups is 1. The molecular weight excluding hydrogens is 356 g/mol. The molecule has 5 rings (SSSR count). The van der Waals surface area contributed by atoms with Gasteiger partial charge in [0.25, 0.3) is 0 Å². The van der Waals surface area contributed by atoms with Crippen LogP contribution in [0.5, 0.6) is 0 Å². The molecule has 0 aliphatic heterocycles. The van der Waals surface area contributed by atoms with Crippen molar-refractivity contribution in [2.24, 2.45) is 23.2 Å². The molecule has 158 valence electrons. The number of nitrogens with zero attached hydrogens (tertiary/aromatic N) is 2. The second kappa shape index (κ2) is 9.45. The molecule has 29 heavy (non-hydrogen) atoms. The predicted octanol–water partition coefficient (Wildman–Crippen LogP) is 5.81.